The second-order valence-electron chi connectivity index (χ2n) is 5.37. The van der Waals surface area contributed by atoms with Crippen LogP contribution in [-0.4, -0.2) is 15.6 Å². The fourth-order valence-electron chi connectivity index (χ4n) is 2.59. The van der Waals surface area contributed by atoms with Gasteiger partial charge in [-0.25, -0.2) is 4.79 Å². The Hall–Kier alpha value is -2.75. The van der Waals surface area contributed by atoms with E-state index in [0.717, 1.165) is 22.7 Å². The van der Waals surface area contributed by atoms with E-state index in [4.69, 9.17) is 4.42 Å². The molecule has 0 aliphatic carbocycles. The molecule has 0 unspecified atom stereocenters. The highest BCUT2D eigenvalue weighted by Gasteiger charge is 2.18. The van der Waals surface area contributed by atoms with Gasteiger partial charge in [0.2, 0.25) is 0 Å². The number of furan rings is 1. The maximum absolute atomic E-state index is 11.4. The van der Waals surface area contributed by atoms with E-state index in [1.807, 2.05) is 54.8 Å². The smallest absolute Gasteiger partial charge is 0.337 e. The summed E-state index contributed by atoms with van der Waals surface area (Å²) in [7, 11) is 0. The number of hydrogen-bond donors (Lipinski definition) is 1. The average molecular weight is 295 g/mol. The van der Waals surface area contributed by atoms with Gasteiger partial charge >= 0.3 is 5.97 Å². The number of nitrogens with zero attached hydrogens (tertiary/aromatic N) is 1. The predicted octanol–water partition coefficient (Wildman–Crippen LogP) is 4.11. The van der Waals surface area contributed by atoms with Gasteiger partial charge in [0.15, 0.2) is 0 Å². The molecule has 0 saturated heterocycles. The average Bonchev–Trinajstić information content (AvgIpc) is 3.10. The van der Waals surface area contributed by atoms with Crippen molar-refractivity contribution in [3.8, 4) is 11.3 Å². The maximum Gasteiger partial charge on any atom is 0.337 e. The molecule has 3 aromatic rings. The van der Waals surface area contributed by atoms with Gasteiger partial charge in [-0.1, -0.05) is 29.8 Å². The van der Waals surface area contributed by atoms with Crippen molar-refractivity contribution in [3.63, 3.8) is 0 Å². The van der Waals surface area contributed by atoms with Crippen LogP contribution in [-0.2, 0) is 6.54 Å². The lowest BCUT2D eigenvalue weighted by Gasteiger charge is -2.10. The molecular weight excluding hydrogens is 278 g/mol. The summed E-state index contributed by atoms with van der Waals surface area (Å²) in [5.74, 6) is -0.118. The van der Waals surface area contributed by atoms with Crippen LogP contribution in [0.15, 0.2) is 53.1 Å². The monoisotopic (exact) mass is 295 g/mol. The van der Waals surface area contributed by atoms with Crippen molar-refractivity contribution in [2.75, 3.05) is 0 Å². The Balaban J connectivity index is 2.13. The van der Waals surface area contributed by atoms with E-state index in [9.17, 15) is 9.90 Å². The Morgan fingerprint density at radius 1 is 1.18 bits per heavy atom. The highest BCUT2D eigenvalue weighted by Crippen LogP contribution is 2.27. The van der Waals surface area contributed by atoms with E-state index in [0.29, 0.717) is 12.1 Å². The maximum atomic E-state index is 11.4. The van der Waals surface area contributed by atoms with Crippen molar-refractivity contribution < 1.29 is 14.3 Å². The van der Waals surface area contributed by atoms with Gasteiger partial charge in [-0.2, -0.15) is 0 Å². The van der Waals surface area contributed by atoms with Gasteiger partial charge in [0.05, 0.1) is 18.4 Å². The third-order valence-corrected chi connectivity index (χ3v) is 3.84. The van der Waals surface area contributed by atoms with Crippen LogP contribution >= 0.6 is 0 Å². The van der Waals surface area contributed by atoms with Crippen molar-refractivity contribution >= 4 is 5.97 Å². The first-order valence-electron chi connectivity index (χ1n) is 7.09. The summed E-state index contributed by atoms with van der Waals surface area (Å²) in [5.41, 5.74) is 4.09. The lowest BCUT2D eigenvalue weighted by atomic mass is 10.1. The Morgan fingerprint density at radius 2 is 1.91 bits per heavy atom. The van der Waals surface area contributed by atoms with Crippen LogP contribution in [0.1, 0.15) is 27.4 Å². The topological polar surface area (TPSA) is 55.4 Å². The normalized spacial score (nSPS) is 10.8. The Labute approximate surface area is 128 Å². The molecule has 2 aromatic heterocycles. The van der Waals surface area contributed by atoms with Crippen molar-refractivity contribution in [1.82, 2.24) is 4.57 Å². The zero-order valence-corrected chi connectivity index (χ0v) is 12.5. The summed E-state index contributed by atoms with van der Waals surface area (Å²) in [6.45, 7) is 4.36. The molecule has 0 aliphatic heterocycles. The number of carbonyl (C=O) groups is 1. The standard InChI is InChI=1S/C18H17NO3/c1-12-5-7-14(8-6-12)17-10-16(18(20)21)13(2)19(17)11-15-4-3-9-22-15/h3-10H,11H2,1-2H3,(H,20,21). The molecule has 0 radical (unpaired) electrons. The number of aromatic nitrogens is 1. The van der Waals surface area contributed by atoms with Crippen LogP contribution in [0, 0.1) is 13.8 Å². The van der Waals surface area contributed by atoms with Gasteiger partial charge in [0.1, 0.15) is 5.76 Å². The van der Waals surface area contributed by atoms with E-state index < -0.39 is 5.97 Å². The number of carboxylic acid groups (broad SMARTS) is 1. The fourth-order valence-corrected chi connectivity index (χ4v) is 2.59. The Bertz CT molecular complexity index is 796. The molecule has 0 fully saturated rings. The predicted molar refractivity (Wildman–Crippen MR) is 84.1 cm³/mol. The molecule has 22 heavy (non-hydrogen) atoms. The minimum atomic E-state index is -0.913. The molecule has 0 spiro atoms. The molecule has 0 saturated carbocycles. The van der Waals surface area contributed by atoms with Crippen LogP contribution in [0.25, 0.3) is 11.3 Å². The number of rotatable bonds is 4. The molecule has 1 N–H and O–H groups in total. The van der Waals surface area contributed by atoms with Crippen LogP contribution in [0.5, 0.6) is 0 Å². The molecule has 0 aliphatic rings. The van der Waals surface area contributed by atoms with Gasteiger partial charge in [-0.3, -0.25) is 0 Å². The van der Waals surface area contributed by atoms with Gasteiger partial charge in [-0.15, -0.1) is 0 Å². The Kier molecular flexibility index (Phi) is 3.59. The van der Waals surface area contributed by atoms with Crippen molar-refractivity contribution in [2.24, 2.45) is 0 Å². The number of aryl methyl sites for hydroxylation is 1. The van der Waals surface area contributed by atoms with E-state index in [2.05, 4.69) is 0 Å². The van der Waals surface area contributed by atoms with Crippen LogP contribution in [0.3, 0.4) is 0 Å². The quantitative estimate of drug-likeness (QED) is 0.788. The first-order chi connectivity index (χ1) is 10.6. The van der Waals surface area contributed by atoms with E-state index in [1.54, 1.807) is 12.3 Å². The highest BCUT2D eigenvalue weighted by molar-refractivity contribution is 5.91. The second kappa shape index (κ2) is 5.56. The summed E-state index contributed by atoms with van der Waals surface area (Å²) in [4.78, 5) is 11.4. The minimum absolute atomic E-state index is 0.321. The number of aromatic carboxylic acids is 1. The van der Waals surface area contributed by atoms with Crippen molar-refractivity contribution in [2.45, 2.75) is 20.4 Å². The first kappa shape index (κ1) is 14.2. The summed E-state index contributed by atoms with van der Waals surface area (Å²) in [5, 5.41) is 9.38. The minimum Gasteiger partial charge on any atom is -0.478 e. The third kappa shape index (κ3) is 2.55. The third-order valence-electron chi connectivity index (χ3n) is 3.84. The zero-order chi connectivity index (χ0) is 15.7. The van der Waals surface area contributed by atoms with Crippen LogP contribution < -0.4 is 0 Å². The van der Waals surface area contributed by atoms with Gasteiger partial charge in [-0.05, 0) is 37.6 Å². The van der Waals surface area contributed by atoms with Gasteiger partial charge in [0, 0.05) is 11.4 Å². The lowest BCUT2D eigenvalue weighted by molar-refractivity contribution is 0.0696. The summed E-state index contributed by atoms with van der Waals surface area (Å²) in [6, 6.07) is 13.5. The fraction of sp³-hybridized carbons (Fsp3) is 0.167. The van der Waals surface area contributed by atoms with E-state index in [1.165, 1.54) is 5.56 Å². The van der Waals surface area contributed by atoms with Gasteiger partial charge in [0.25, 0.3) is 0 Å². The molecule has 0 atom stereocenters. The van der Waals surface area contributed by atoms with Crippen LogP contribution in [0.4, 0.5) is 0 Å². The summed E-state index contributed by atoms with van der Waals surface area (Å²) < 4.78 is 7.38. The van der Waals surface area contributed by atoms with E-state index >= 15 is 0 Å². The van der Waals surface area contributed by atoms with E-state index in [-0.39, 0.29) is 0 Å². The second-order valence-corrected chi connectivity index (χ2v) is 5.37. The molecule has 1 aromatic carbocycles. The first-order valence-corrected chi connectivity index (χ1v) is 7.09. The highest BCUT2D eigenvalue weighted by atomic mass is 16.4. The van der Waals surface area contributed by atoms with Gasteiger partial charge < -0.3 is 14.1 Å². The SMILES string of the molecule is Cc1ccc(-c2cc(C(=O)O)c(C)n2Cc2ccco2)cc1. The van der Waals surface area contributed by atoms with Crippen molar-refractivity contribution in [3.05, 3.63) is 71.3 Å². The molecule has 4 nitrogen and oxygen atoms in total. The van der Waals surface area contributed by atoms with Crippen LogP contribution in [0.2, 0.25) is 0 Å². The summed E-state index contributed by atoms with van der Waals surface area (Å²) in [6.07, 6.45) is 1.62. The Morgan fingerprint density at radius 3 is 2.50 bits per heavy atom. The van der Waals surface area contributed by atoms with Crippen molar-refractivity contribution in [1.29, 1.82) is 0 Å². The largest absolute Gasteiger partial charge is 0.478 e. The molecule has 2 heterocycles. The lowest BCUT2D eigenvalue weighted by Crippen LogP contribution is -2.05. The molecule has 4 heteroatoms. The summed E-state index contributed by atoms with van der Waals surface area (Å²) >= 11 is 0. The number of benzene rings is 1. The molecule has 0 amide bonds. The molecular formula is C18H17NO3. The number of carboxylic acids is 1. The number of hydrogen-bond acceptors (Lipinski definition) is 2. The zero-order valence-electron chi connectivity index (χ0n) is 12.5. The molecule has 3 rings (SSSR count). The molecule has 0 bridgehead atoms. The molecule has 112 valence electrons.